The zero-order chi connectivity index (χ0) is 14.8. The molecule has 114 valence electrons. The third kappa shape index (κ3) is 3.21. The zero-order valence-corrected chi connectivity index (χ0v) is 13.0. The molecule has 0 aromatic carbocycles. The summed E-state index contributed by atoms with van der Waals surface area (Å²) in [6.45, 7) is 5.89. The Bertz CT molecular complexity index is 540. The van der Waals surface area contributed by atoms with Crippen molar-refractivity contribution in [3.63, 3.8) is 0 Å². The molecule has 0 radical (unpaired) electrons. The van der Waals surface area contributed by atoms with E-state index in [2.05, 4.69) is 12.0 Å². The van der Waals surface area contributed by atoms with Crippen LogP contribution in [0.15, 0.2) is 17.3 Å². The maximum absolute atomic E-state index is 12.7. The van der Waals surface area contributed by atoms with Gasteiger partial charge in [0.25, 0.3) is 0 Å². The van der Waals surface area contributed by atoms with Crippen LogP contribution in [0.3, 0.4) is 0 Å². The summed E-state index contributed by atoms with van der Waals surface area (Å²) in [5.74, 6) is 0.410. The van der Waals surface area contributed by atoms with E-state index in [9.17, 15) is 8.42 Å². The average Bonchev–Trinajstić information content (AvgIpc) is 2.88. The van der Waals surface area contributed by atoms with Crippen LogP contribution in [-0.4, -0.2) is 41.6 Å². The van der Waals surface area contributed by atoms with E-state index < -0.39 is 10.0 Å². The van der Waals surface area contributed by atoms with Crippen molar-refractivity contribution in [1.29, 1.82) is 0 Å². The molecule has 6 nitrogen and oxygen atoms in total. The second-order valence-corrected chi connectivity index (χ2v) is 7.58. The molecule has 20 heavy (non-hydrogen) atoms. The van der Waals surface area contributed by atoms with Crippen LogP contribution in [0.5, 0.6) is 0 Å². The number of nitrogens with two attached hydrogens (primary N) is 1. The minimum absolute atomic E-state index is 0.0589. The first-order valence-corrected chi connectivity index (χ1v) is 8.63. The highest BCUT2D eigenvalue weighted by Crippen LogP contribution is 2.27. The number of aryl methyl sites for hydroxylation is 1. The quantitative estimate of drug-likeness (QED) is 0.881. The van der Waals surface area contributed by atoms with E-state index >= 15 is 0 Å². The molecular formula is C13H24N4O2S. The molecule has 1 aliphatic rings. The second-order valence-electron chi connectivity index (χ2n) is 5.69. The van der Waals surface area contributed by atoms with E-state index in [0.717, 1.165) is 19.3 Å². The van der Waals surface area contributed by atoms with Gasteiger partial charge >= 0.3 is 0 Å². The highest BCUT2D eigenvalue weighted by Gasteiger charge is 2.34. The molecule has 0 amide bonds. The maximum Gasteiger partial charge on any atom is 0.246 e. The molecule has 7 heteroatoms. The van der Waals surface area contributed by atoms with Gasteiger partial charge in [-0.25, -0.2) is 8.42 Å². The van der Waals surface area contributed by atoms with E-state index in [1.165, 1.54) is 6.20 Å². The highest BCUT2D eigenvalue weighted by molar-refractivity contribution is 7.89. The van der Waals surface area contributed by atoms with Crippen LogP contribution in [0.2, 0.25) is 0 Å². The van der Waals surface area contributed by atoms with Crippen LogP contribution < -0.4 is 5.73 Å². The summed E-state index contributed by atoms with van der Waals surface area (Å²) >= 11 is 0. The van der Waals surface area contributed by atoms with Crippen molar-refractivity contribution in [2.24, 2.45) is 11.7 Å². The number of sulfonamides is 1. The van der Waals surface area contributed by atoms with Crippen LogP contribution in [0.25, 0.3) is 0 Å². The Kier molecular flexibility index (Phi) is 4.82. The van der Waals surface area contributed by atoms with Gasteiger partial charge in [-0.1, -0.05) is 6.92 Å². The fourth-order valence-electron chi connectivity index (χ4n) is 2.57. The van der Waals surface area contributed by atoms with Crippen molar-refractivity contribution < 1.29 is 8.42 Å². The van der Waals surface area contributed by atoms with E-state index in [-0.39, 0.29) is 10.9 Å². The normalized spacial score (nSPS) is 24.9. The Labute approximate surface area is 121 Å². The monoisotopic (exact) mass is 300 g/mol. The van der Waals surface area contributed by atoms with Gasteiger partial charge in [0.15, 0.2) is 0 Å². The number of hydrogen-bond donors (Lipinski definition) is 1. The number of rotatable bonds is 5. The molecule has 0 aliphatic carbocycles. The van der Waals surface area contributed by atoms with Crippen LogP contribution in [0, 0.1) is 5.92 Å². The van der Waals surface area contributed by atoms with Gasteiger partial charge in [0.05, 0.1) is 6.20 Å². The van der Waals surface area contributed by atoms with Gasteiger partial charge in [0.1, 0.15) is 4.90 Å². The predicted molar refractivity (Wildman–Crippen MR) is 77.7 cm³/mol. The Morgan fingerprint density at radius 2 is 2.15 bits per heavy atom. The zero-order valence-electron chi connectivity index (χ0n) is 12.2. The molecule has 1 saturated heterocycles. The van der Waals surface area contributed by atoms with Crippen LogP contribution >= 0.6 is 0 Å². The summed E-state index contributed by atoms with van der Waals surface area (Å²) in [7, 11) is -3.43. The van der Waals surface area contributed by atoms with Crippen LogP contribution in [0.1, 0.15) is 33.1 Å². The molecule has 0 spiro atoms. The van der Waals surface area contributed by atoms with Crippen molar-refractivity contribution in [2.45, 2.75) is 50.6 Å². The number of hydrogen-bond acceptors (Lipinski definition) is 4. The van der Waals surface area contributed by atoms with E-state index in [1.807, 2.05) is 6.92 Å². The van der Waals surface area contributed by atoms with Gasteiger partial charge in [-0.15, -0.1) is 0 Å². The van der Waals surface area contributed by atoms with Crippen LogP contribution in [0.4, 0.5) is 0 Å². The van der Waals surface area contributed by atoms with Crippen molar-refractivity contribution in [3.05, 3.63) is 12.4 Å². The predicted octanol–water partition coefficient (Wildman–Crippen LogP) is 1.04. The standard InChI is InChI=1S/C13H24N4O2S/c1-11-4-5-12(2)17(9-11)20(18,19)13-8-15-16(10-13)7-3-6-14/h8,10-12H,3-7,9,14H2,1-2H3. The fourth-order valence-corrected chi connectivity index (χ4v) is 4.31. The van der Waals surface area contributed by atoms with Gasteiger partial charge in [0, 0.05) is 25.3 Å². The minimum Gasteiger partial charge on any atom is -0.330 e. The first-order chi connectivity index (χ1) is 9.45. The lowest BCUT2D eigenvalue weighted by atomic mass is 9.97. The summed E-state index contributed by atoms with van der Waals surface area (Å²) in [6.07, 6.45) is 5.85. The highest BCUT2D eigenvalue weighted by atomic mass is 32.2. The van der Waals surface area contributed by atoms with Crippen molar-refractivity contribution in [1.82, 2.24) is 14.1 Å². The first kappa shape index (κ1) is 15.5. The molecule has 0 saturated carbocycles. The Morgan fingerprint density at radius 3 is 2.85 bits per heavy atom. The topological polar surface area (TPSA) is 81.2 Å². The first-order valence-electron chi connectivity index (χ1n) is 7.19. The minimum atomic E-state index is -3.43. The summed E-state index contributed by atoms with van der Waals surface area (Å²) in [6, 6.07) is 0.0589. The molecule has 1 aromatic rings. The van der Waals surface area contributed by atoms with Crippen molar-refractivity contribution in [2.75, 3.05) is 13.1 Å². The third-order valence-electron chi connectivity index (χ3n) is 3.87. The van der Waals surface area contributed by atoms with E-state index in [0.29, 0.717) is 25.6 Å². The van der Waals surface area contributed by atoms with Crippen molar-refractivity contribution in [3.8, 4) is 0 Å². The van der Waals surface area contributed by atoms with Gasteiger partial charge in [-0.05, 0) is 38.6 Å². The molecule has 1 fully saturated rings. The van der Waals surface area contributed by atoms with Crippen LogP contribution in [-0.2, 0) is 16.6 Å². The second kappa shape index (κ2) is 6.24. The molecule has 2 rings (SSSR count). The lowest BCUT2D eigenvalue weighted by Crippen LogP contribution is -2.44. The van der Waals surface area contributed by atoms with Gasteiger partial charge < -0.3 is 5.73 Å². The molecule has 2 unspecified atom stereocenters. The number of nitrogens with zero attached hydrogens (tertiary/aromatic N) is 3. The number of aromatic nitrogens is 2. The summed E-state index contributed by atoms with van der Waals surface area (Å²) in [5, 5.41) is 4.11. The molecule has 0 bridgehead atoms. The van der Waals surface area contributed by atoms with Gasteiger partial charge in [0.2, 0.25) is 10.0 Å². The Morgan fingerprint density at radius 1 is 1.40 bits per heavy atom. The largest absolute Gasteiger partial charge is 0.330 e. The average molecular weight is 300 g/mol. The molecule has 2 atom stereocenters. The maximum atomic E-state index is 12.7. The molecule has 2 heterocycles. The fraction of sp³-hybridized carbons (Fsp3) is 0.769. The van der Waals surface area contributed by atoms with Gasteiger partial charge in [-0.2, -0.15) is 9.40 Å². The Balaban J connectivity index is 2.18. The summed E-state index contributed by atoms with van der Waals surface area (Å²) in [4.78, 5) is 0.287. The van der Waals surface area contributed by atoms with E-state index in [1.54, 1.807) is 15.2 Å². The lowest BCUT2D eigenvalue weighted by Gasteiger charge is -2.35. The smallest absolute Gasteiger partial charge is 0.246 e. The third-order valence-corrected chi connectivity index (χ3v) is 5.80. The van der Waals surface area contributed by atoms with E-state index in [4.69, 9.17) is 5.73 Å². The van der Waals surface area contributed by atoms with Crippen molar-refractivity contribution >= 4 is 10.0 Å². The lowest BCUT2D eigenvalue weighted by molar-refractivity contribution is 0.218. The molecule has 1 aromatic heterocycles. The SMILES string of the molecule is CC1CCC(C)N(S(=O)(=O)c2cnn(CCCN)c2)C1. The molecule has 2 N–H and O–H groups in total. The Hall–Kier alpha value is -0.920. The molecular weight excluding hydrogens is 276 g/mol. The summed E-state index contributed by atoms with van der Waals surface area (Å²) < 4.78 is 28.6. The molecule has 1 aliphatic heterocycles. The van der Waals surface area contributed by atoms with Gasteiger partial charge in [-0.3, -0.25) is 4.68 Å². The summed E-state index contributed by atoms with van der Waals surface area (Å²) in [5.41, 5.74) is 5.45. The number of piperidine rings is 1.